The summed E-state index contributed by atoms with van der Waals surface area (Å²) < 4.78 is 27.5. The summed E-state index contributed by atoms with van der Waals surface area (Å²) in [7, 11) is -3.95. The molecule has 0 aliphatic carbocycles. The number of nitrogens with zero attached hydrogens (tertiary/aromatic N) is 3. The van der Waals surface area contributed by atoms with E-state index in [2.05, 4.69) is 20.5 Å². The minimum atomic E-state index is -3.95. The molecule has 1 heterocycles. The molecule has 0 aliphatic heterocycles. The molecule has 1 aromatic heterocycles. The van der Waals surface area contributed by atoms with Gasteiger partial charge < -0.3 is 5.32 Å². The van der Waals surface area contributed by atoms with Crippen LogP contribution in [0.15, 0.2) is 64.9 Å². The highest BCUT2D eigenvalue weighted by Gasteiger charge is 2.27. The lowest BCUT2D eigenvalue weighted by atomic mass is 10.2. The third-order valence-electron chi connectivity index (χ3n) is 4.08. The van der Waals surface area contributed by atoms with Gasteiger partial charge in [-0.05, 0) is 42.0 Å². The van der Waals surface area contributed by atoms with Crippen molar-refractivity contribution in [3.63, 3.8) is 0 Å². The van der Waals surface area contributed by atoms with Gasteiger partial charge in [-0.1, -0.05) is 47.1 Å². The van der Waals surface area contributed by atoms with Crippen LogP contribution in [0, 0.1) is 0 Å². The number of hydrogen-bond donors (Lipinski definition) is 2. The van der Waals surface area contributed by atoms with Gasteiger partial charge >= 0.3 is 0 Å². The molecule has 164 valence electrons. The third kappa shape index (κ3) is 6.94. The first-order valence-electron chi connectivity index (χ1n) is 9.09. The number of amides is 1. The molecule has 1 amide bonds. The Morgan fingerprint density at radius 3 is 2.58 bits per heavy atom. The van der Waals surface area contributed by atoms with E-state index in [1.54, 1.807) is 24.3 Å². The molecule has 0 atom stereocenters. The predicted molar refractivity (Wildman–Crippen MR) is 121 cm³/mol. The second kappa shape index (κ2) is 11.0. The number of carbonyl (C=O) groups excluding carboxylic acids is 1. The minimum Gasteiger partial charge on any atom is -0.354 e. The molecule has 0 radical (unpaired) electrons. The van der Waals surface area contributed by atoms with E-state index in [1.807, 2.05) is 0 Å². The Morgan fingerprint density at radius 1 is 1.13 bits per heavy atom. The van der Waals surface area contributed by atoms with Crippen LogP contribution in [-0.4, -0.2) is 52.7 Å². The van der Waals surface area contributed by atoms with Crippen LogP contribution in [0.2, 0.25) is 10.0 Å². The highest BCUT2D eigenvalue weighted by molar-refractivity contribution is 7.99. The number of nitrogens with one attached hydrogen (secondary N) is 2. The Balaban J connectivity index is 1.70. The lowest BCUT2D eigenvalue weighted by Gasteiger charge is -2.22. The van der Waals surface area contributed by atoms with Crippen molar-refractivity contribution in [2.75, 3.05) is 18.8 Å². The zero-order valence-electron chi connectivity index (χ0n) is 16.2. The smallest absolute Gasteiger partial charge is 0.243 e. The first kappa shape index (κ1) is 23.6. The summed E-state index contributed by atoms with van der Waals surface area (Å²) in [6.45, 7) is -0.00754. The van der Waals surface area contributed by atoms with Crippen molar-refractivity contribution < 1.29 is 13.2 Å². The van der Waals surface area contributed by atoms with Crippen molar-refractivity contribution in [3.05, 3.63) is 70.5 Å². The van der Waals surface area contributed by atoms with E-state index < -0.39 is 15.9 Å². The molecule has 0 bridgehead atoms. The summed E-state index contributed by atoms with van der Waals surface area (Å²) in [5, 5.41) is 10.7. The topological polar surface area (TPSA) is 108 Å². The molecule has 2 aromatic carbocycles. The molecule has 0 saturated heterocycles. The second-order valence-corrected chi connectivity index (χ2v) is 10.2. The maximum absolute atomic E-state index is 13.2. The van der Waals surface area contributed by atoms with Crippen molar-refractivity contribution in [2.24, 2.45) is 0 Å². The molecular formula is C19H19Cl2N5O3S2. The molecular weight excluding hydrogens is 481 g/mol. The molecule has 0 unspecified atom stereocenters. The zero-order chi connectivity index (χ0) is 22.3. The molecule has 0 saturated carbocycles. The largest absolute Gasteiger partial charge is 0.354 e. The number of thioether (sulfide) groups is 1. The molecule has 8 nitrogen and oxygen atoms in total. The maximum Gasteiger partial charge on any atom is 0.243 e. The zero-order valence-corrected chi connectivity index (χ0v) is 19.3. The molecule has 0 fully saturated rings. The van der Waals surface area contributed by atoms with Crippen LogP contribution in [0.1, 0.15) is 5.56 Å². The molecule has 0 spiro atoms. The number of hydrogen-bond acceptors (Lipinski definition) is 6. The first-order chi connectivity index (χ1) is 14.8. The van der Waals surface area contributed by atoms with Gasteiger partial charge in [0.2, 0.25) is 15.9 Å². The van der Waals surface area contributed by atoms with Gasteiger partial charge in [-0.25, -0.2) is 13.4 Å². The van der Waals surface area contributed by atoms with Gasteiger partial charge in [-0.15, -0.1) is 0 Å². The van der Waals surface area contributed by atoms with Gasteiger partial charge in [0, 0.05) is 28.9 Å². The molecule has 31 heavy (non-hydrogen) atoms. The Bertz CT molecular complexity index is 1110. The highest BCUT2D eigenvalue weighted by Crippen LogP contribution is 2.21. The number of benzene rings is 2. The van der Waals surface area contributed by atoms with E-state index in [0.717, 1.165) is 4.31 Å². The average molecular weight is 500 g/mol. The lowest BCUT2D eigenvalue weighted by molar-refractivity contribution is -0.121. The van der Waals surface area contributed by atoms with Gasteiger partial charge in [0.1, 0.15) is 6.33 Å². The van der Waals surface area contributed by atoms with Gasteiger partial charge in [0.15, 0.2) is 5.16 Å². The Morgan fingerprint density at radius 2 is 1.90 bits per heavy atom. The van der Waals surface area contributed by atoms with E-state index in [1.165, 1.54) is 42.4 Å². The van der Waals surface area contributed by atoms with Gasteiger partial charge in [-0.3, -0.25) is 9.89 Å². The quantitative estimate of drug-likeness (QED) is 0.327. The summed E-state index contributed by atoms with van der Waals surface area (Å²) in [6.07, 6.45) is 1.40. The lowest BCUT2D eigenvalue weighted by Crippen LogP contribution is -2.40. The monoisotopic (exact) mass is 499 g/mol. The standard InChI is InChI=1S/C19H19Cl2N5O3S2/c20-15-4-6-17(7-5-15)31(28,29)26(11-14-2-1-3-16(21)10-14)12-18(27)22-8-9-30-19-23-13-24-25-19/h1-7,10,13H,8-9,11-12H2,(H,22,27)(H,23,24,25). The Kier molecular flexibility index (Phi) is 8.33. The van der Waals surface area contributed by atoms with E-state index in [-0.39, 0.29) is 18.0 Å². The SMILES string of the molecule is O=C(CN(Cc1cccc(Cl)c1)S(=O)(=O)c1ccc(Cl)cc1)NCCSc1ncn[nH]1. The van der Waals surface area contributed by atoms with E-state index in [4.69, 9.17) is 23.2 Å². The van der Waals surface area contributed by atoms with Gasteiger partial charge in [-0.2, -0.15) is 9.40 Å². The molecule has 0 aliphatic rings. The van der Waals surface area contributed by atoms with E-state index in [0.29, 0.717) is 33.1 Å². The number of H-pyrrole nitrogens is 1. The van der Waals surface area contributed by atoms with Crippen LogP contribution in [0.5, 0.6) is 0 Å². The Labute approximate surface area is 194 Å². The van der Waals surface area contributed by atoms with Crippen LogP contribution in [0.4, 0.5) is 0 Å². The number of carbonyl (C=O) groups is 1. The number of sulfonamides is 1. The molecule has 3 aromatic rings. The second-order valence-electron chi connectivity index (χ2n) is 6.35. The third-order valence-corrected chi connectivity index (χ3v) is 7.25. The van der Waals surface area contributed by atoms with Crippen molar-refractivity contribution >= 4 is 50.9 Å². The number of aromatic nitrogens is 3. The van der Waals surface area contributed by atoms with Crippen molar-refractivity contribution in [3.8, 4) is 0 Å². The first-order valence-corrected chi connectivity index (χ1v) is 12.3. The van der Waals surface area contributed by atoms with Crippen LogP contribution >= 0.6 is 35.0 Å². The number of aromatic amines is 1. The minimum absolute atomic E-state index is 0.00818. The van der Waals surface area contributed by atoms with Crippen LogP contribution in [0.3, 0.4) is 0 Å². The van der Waals surface area contributed by atoms with E-state index >= 15 is 0 Å². The van der Waals surface area contributed by atoms with E-state index in [9.17, 15) is 13.2 Å². The maximum atomic E-state index is 13.2. The summed E-state index contributed by atoms with van der Waals surface area (Å²) in [5.41, 5.74) is 0.665. The average Bonchev–Trinajstić information content (AvgIpc) is 3.25. The fraction of sp³-hybridized carbons (Fsp3) is 0.211. The van der Waals surface area contributed by atoms with Crippen molar-refractivity contribution in [1.82, 2.24) is 24.8 Å². The van der Waals surface area contributed by atoms with Crippen LogP contribution in [-0.2, 0) is 21.4 Å². The van der Waals surface area contributed by atoms with Crippen molar-refractivity contribution in [1.29, 1.82) is 0 Å². The Hall–Kier alpha value is -2.11. The number of rotatable bonds is 10. The fourth-order valence-electron chi connectivity index (χ4n) is 2.64. The molecule has 3 rings (SSSR count). The summed E-state index contributed by atoms with van der Waals surface area (Å²) in [6, 6.07) is 12.6. The molecule has 2 N–H and O–H groups in total. The normalized spacial score (nSPS) is 11.6. The van der Waals surface area contributed by atoms with Crippen LogP contribution < -0.4 is 5.32 Å². The van der Waals surface area contributed by atoms with Crippen molar-refractivity contribution in [2.45, 2.75) is 16.6 Å². The number of halogens is 2. The summed E-state index contributed by atoms with van der Waals surface area (Å²) in [4.78, 5) is 16.5. The summed E-state index contributed by atoms with van der Waals surface area (Å²) >= 11 is 13.3. The van der Waals surface area contributed by atoms with Gasteiger partial charge in [0.25, 0.3) is 0 Å². The fourth-order valence-corrected chi connectivity index (χ4v) is 5.00. The van der Waals surface area contributed by atoms with Gasteiger partial charge in [0.05, 0.1) is 11.4 Å². The predicted octanol–water partition coefficient (Wildman–Crippen LogP) is 3.21. The van der Waals surface area contributed by atoms with Crippen LogP contribution in [0.25, 0.3) is 0 Å². The highest BCUT2D eigenvalue weighted by atomic mass is 35.5. The molecule has 12 heteroatoms. The summed E-state index contributed by atoms with van der Waals surface area (Å²) in [5.74, 6) is 0.136.